The Morgan fingerprint density at radius 2 is 2.12 bits per heavy atom. The number of ether oxygens (including phenoxy) is 2. The van der Waals surface area contributed by atoms with Gasteiger partial charge in [-0.25, -0.2) is 14.8 Å². The van der Waals surface area contributed by atoms with E-state index < -0.39 is 6.03 Å². The molecule has 1 heterocycles. The van der Waals surface area contributed by atoms with Crippen molar-refractivity contribution < 1.29 is 14.3 Å². The fraction of sp³-hybridized carbons (Fsp3) is 0.143. The van der Waals surface area contributed by atoms with Crippen LogP contribution in [0.1, 0.15) is 5.56 Å². The topological polar surface area (TPSA) is 135 Å². The number of hydrogen-bond acceptors (Lipinski definition) is 7. The highest BCUT2D eigenvalue weighted by Gasteiger charge is 2.17. The second kappa shape index (κ2) is 7.47. The molecule has 2 amide bonds. The lowest BCUT2D eigenvalue weighted by atomic mass is 10.2. The monoisotopic (exact) mass is 350 g/mol. The molecule has 0 aliphatic rings. The predicted octanol–water partition coefficient (Wildman–Crippen LogP) is 2.23. The Kier molecular flexibility index (Phi) is 5.38. The summed E-state index contributed by atoms with van der Waals surface area (Å²) in [6.45, 7) is 0. The maximum absolute atomic E-state index is 11.3. The highest BCUT2D eigenvalue weighted by molar-refractivity contribution is 6.33. The second-order valence-corrected chi connectivity index (χ2v) is 4.83. The first-order valence-corrected chi connectivity index (χ1v) is 7.03. The maximum Gasteiger partial charge on any atom is 0.319 e. The SMILES string of the molecule is CNC(=O)Nc1ccc(Oc2ncnc(N)c2C(=N)OC)cc1Cl. The van der Waals surface area contributed by atoms with Crippen LogP contribution >= 0.6 is 11.6 Å². The number of halogens is 1. The Bertz CT molecular complexity index is 783. The van der Waals surface area contributed by atoms with Gasteiger partial charge >= 0.3 is 6.03 Å². The molecular weight excluding hydrogens is 336 g/mol. The normalized spacial score (nSPS) is 9.96. The van der Waals surface area contributed by atoms with Gasteiger partial charge < -0.3 is 25.8 Å². The highest BCUT2D eigenvalue weighted by Crippen LogP contribution is 2.31. The van der Waals surface area contributed by atoms with Crippen LogP contribution < -0.4 is 21.1 Å². The number of nitrogens with two attached hydrogens (primary N) is 1. The summed E-state index contributed by atoms with van der Waals surface area (Å²) >= 11 is 6.11. The molecule has 24 heavy (non-hydrogen) atoms. The number of methoxy groups -OCH3 is 1. The van der Waals surface area contributed by atoms with Crippen LogP contribution in [0.4, 0.5) is 16.3 Å². The van der Waals surface area contributed by atoms with Crippen molar-refractivity contribution >= 4 is 35.0 Å². The van der Waals surface area contributed by atoms with E-state index in [0.29, 0.717) is 11.4 Å². The van der Waals surface area contributed by atoms with Gasteiger partial charge in [0.05, 0.1) is 17.8 Å². The van der Waals surface area contributed by atoms with Crippen molar-refractivity contribution in [1.82, 2.24) is 15.3 Å². The summed E-state index contributed by atoms with van der Waals surface area (Å²) in [7, 11) is 2.82. The Labute approximate surface area is 142 Å². The number of hydrogen-bond donors (Lipinski definition) is 4. The smallest absolute Gasteiger partial charge is 0.319 e. The minimum atomic E-state index is -0.398. The number of anilines is 2. The Morgan fingerprint density at radius 3 is 2.75 bits per heavy atom. The standard InChI is InChI=1S/C14H15ClN6O3/c1-18-14(22)21-9-4-3-7(5-8(9)15)24-13-10(12(17)23-2)11(16)19-6-20-13/h3-6,17H,1-2H3,(H2,16,19,20)(H2,18,21,22). The van der Waals surface area contributed by atoms with Crippen molar-refractivity contribution in [1.29, 1.82) is 5.41 Å². The van der Waals surface area contributed by atoms with Crippen molar-refractivity contribution in [3.8, 4) is 11.6 Å². The van der Waals surface area contributed by atoms with Gasteiger partial charge in [0.1, 0.15) is 23.5 Å². The number of benzene rings is 1. The van der Waals surface area contributed by atoms with Crippen LogP contribution in [0.2, 0.25) is 5.02 Å². The van der Waals surface area contributed by atoms with Crippen LogP contribution in [0.5, 0.6) is 11.6 Å². The molecule has 1 aromatic heterocycles. The first-order chi connectivity index (χ1) is 11.5. The van der Waals surface area contributed by atoms with Gasteiger partial charge in [-0.2, -0.15) is 0 Å². The van der Waals surface area contributed by atoms with Crippen LogP contribution in [-0.2, 0) is 4.74 Å². The maximum atomic E-state index is 11.3. The van der Waals surface area contributed by atoms with Crippen LogP contribution in [0, 0.1) is 5.41 Å². The summed E-state index contributed by atoms with van der Waals surface area (Å²) in [5.74, 6) is 0.214. The van der Waals surface area contributed by atoms with Gasteiger partial charge in [0.2, 0.25) is 11.8 Å². The summed E-state index contributed by atoms with van der Waals surface area (Å²) in [5.41, 5.74) is 6.28. The zero-order valence-corrected chi connectivity index (χ0v) is 13.6. The number of aromatic nitrogens is 2. The number of amides is 2. The summed E-state index contributed by atoms with van der Waals surface area (Å²) in [6, 6.07) is 4.24. The molecule has 0 fully saturated rings. The molecule has 126 valence electrons. The van der Waals surface area contributed by atoms with Gasteiger partial charge in [-0.3, -0.25) is 5.41 Å². The molecular formula is C14H15ClN6O3. The average molecular weight is 351 g/mol. The van der Waals surface area contributed by atoms with E-state index in [2.05, 4.69) is 20.6 Å². The van der Waals surface area contributed by atoms with E-state index in [1.807, 2.05) is 0 Å². The molecule has 9 nitrogen and oxygen atoms in total. The number of nitrogens with one attached hydrogen (secondary N) is 3. The van der Waals surface area contributed by atoms with Gasteiger partial charge in [-0.05, 0) is 12.1 Å². The molecule has 10 heteroatoms. The number of carbonyl (C=O) groups is 1. The Balaban J connectivity index is 2.29. The fourth-order valence-corrected chi connectivity index (χ4v) is 1.95. The van der Waals surface area contributed by atoms with Gasteiger partial charge in [-0.1, -0.05) is 11.6 Å². The third-order valence-corrected chi connectivity index (χ3v) is 3.22. The van der Waals surface area contributed by atoms with E-state index in [-0.39, 0.29) is 28.2 Å². The molecule has 0 saturated heterocycles. The highest BCUT2D eigenvalue weighted by atomic mass is 35.5. The minimum absolute atomic E-state index is 0.0517. The summed E-state index contributed by atoms with van der Waals surface area (Å²) in [6.07, 6.45) is 1.21. The predicted molar refractivity (Wildman–Crippen MR) is 89.9 cm³/mol. The van der Waals surface area contributed by atoms with Crippen LogP contribution in [0.15, 0.2) is 24.5 Å². The molecule has 0 spiro atoms. The zero-order valence-electron chi connectivity index (χ0n) is 12.9. The molecule has 2 rings (SSSR count). The lowest BCUT2D eigenvalue weighted by molar-refractivity contribution is 0.254. The van der Waals surface area contributed by atoms with Gasteiger partial charge in [0.15, 0.2) is 0 Å². The molecule has 0 unspecified atom stereocenters. The lowest BCUT2D eigenvalue weighted by Crippen LogP contribution is -2.24. The summed E-state index contributed by atoms with van der Waals surface area (Å²) in [5, 5.41) is 13.0. The molecule has 0 radical (unpaired) electrons. The molecule has 2 aromatic rings. The van der Waals surface area contributed by atoms with Crippen molar-refractivity contribution in [2.75, 3.05) is 25.2 Å². The van der Waals surface area contributed by atoms with E-state index in [1.165, 1.54) is 26.6 Å². The van der Waals surface area contributed by atoms with Gasteiger partial charge in [0, 0.05) is 13.1 Å². The van der Waals surface area contributed by atoms with E-state index in [9.17, 15) is 4.79 Å². The van der Waals surface area contributed by atoms with Crippen LogP contribution in [0.25, 0.3) is 0 Å². The van der Waals surface area contributed by atoms with Crippen molar-refractivity contribution in [3.05, 3.63) is 35.1 Å². The summed E-state index contributed by atoms with van der Waals surface area (Å²) < 4.78 is 10.5. The van der Waals surface area contributed by atoms with E-state index >= 15 is 0 Å². The second-order valence-electron chi connectivity index (χ2n) is 4.42. The number of carbonyl (C=O) groups excluding carboxylic acids is 1. The third-order valence-electron chi connectivity index (χ3n) is 2.90. The number of rotatable bonds is 4. The molecule has 1 aromatic carbocycles. The van der Waals surface area contributed by atoms with E-state index in [4.69, 9.17) is 32.2 Å². The Morgan fingerprint density at radius 1 is 1.38 bits per heavy atom. The van der Waals surface area contributed by atoms with Crippen molar-refractivity contribution in [2.45, 2.75) is 0 Å². The first-order valence-electron chi connectivity index (χ1n) is 6.65. The third kappa shape index (κ3) is 3.82. The zero-order chi connectivity index (χ0) is 17.7. The number of nitrogens with zero attached hydrogens (tertiary/aromatic N) is 2. The largest absolute Gasteiger partial charge is 0.481 e. The quantitative estimate of drug-likeness (QED) is 0.493. The molecule has 0 atom stereocenters. The van der Waals surface area contributed by atoms with Gasteiger partial charge in [0.25, 0.3) is 0 Å². The molecule has 0 saturated carbocycles. The number of urea groups is 1. The fourth-order valence-electron chi connectivity index (χ4n) is 1.73. The van der Waals surface area contributed by atoms with Gasteiger partial charge in [-0.15, -0.1) is 0 Å². The van der Waals surface area contributed by atoms with Crippen molar-refractivity contribution in [2.24, 2.45) is 0 Å². The van der Waals surface area contributed by atoms with Crippen LogP contribution in [0.3, 0.4) is 0 Å². The Hall–Kier alpha value is -3.07. The average Bonchev–Trinajstić information content (AvgIpc) is 2.56. The first kappa shape index (κ1) is 17.3. The van der Waals surface area contributed by atoms with E-state index in [0.717, 1.165) is 0 Å². The molecule has 0 aliphatic carbocycles. The number of nitrogen functional groups attached to an aromatic ring is 1. The summed E-state index contributed by atoms with van der Waals surface area (Å²) in [4.78, 5) is 19.1. The minimum Gasteiger partial charge on any atom is -0.481 e. The van der Waals surface area contributed by atoms with Crippen molar-refractivity contribution in [3.63, 3.8) is 0 Å². The molecule has 0 aliphatic heterocycles. The molecule has 0 bridgehead atoms. The lowest BCUT2D eigenvalue weighted by Gasteiger charge is -2.12. The van der Waals surface area contributed by atoms with E-state index in [1.54, 1.807) is 12.1 Å². The molecule has 5 N–H and O–H groups in total. The van der Waals surface area contributed by atoms with Crippen LogP contribution in [-0.4, -0.2) is 36.1 Å².